The van der Waals surface area contributed by atoms with Gasteiger partial charge in [-0.2, -0.15) is 0 Å². The maximum atomic E-state index is 12.3. The van der Waals surface area contributed by atoms with E-state index in [4.69, 9.17) is 15.7 Å². The summed E-state index contributed by atoms with van der Waals surface area (Å²) < 4.78 is 4.96. The van der Waals surface area contributed by atoms with E-state index in [-0.39, 0.29) is 19.1 Å². The van der Waals surface area contributed by atoms with Gasteiger partial charge in [-0.25, -0.2) is 0 Å². The average Bonchev–Trinajstić information content (AvgIpc) is 2.42. The number of nitrogens with two attached hydrogens (primary N) is 1. The minimum atomic E-state index is -0.127. The predicted octanol–water partition coefficient (Wildman–Crippen LogP) is 0.362. The number of benzene rings is 1. The molecule has 0 saturated heterocycles. The maximum Gasteiger partial charge on any atom is 0.254 e. The topological polar surface area (TPSA) is 87.8 Å². The SMILES string of the molecule is COCCN(CCO)C(=O)c1ccc(NN)c(C)c1. The molecule has 106 valence electrons. The average molecular weight is 267 g/mol. The molecule has 0 fully saturated rings. The monoisotopic (exact) mass is 267 g/mol. The number of nitrogens with zero attached hydrogens (tertiary/aromatic N) is 1. The summed E-state index contributed by atoms with van der Waals surface area (Å²) in [4.78, 5) is 13.9. The molecule has 1 rings (SSSR count). The molecule has 0 radical (unpaired) electrons. The summed E-state index contributed by atoms with van der Waals surface area (Å²) in [7, 11) is 1.58. The highest BCUT2D eigenvalue weighted by atomic mass is 16.5. The van der Waals surface area contributed by atoms with Gasteiger partial charge in [-0.05, 0) is 30.7 Å². The first kappa shape index (κ1) is 15.4. The van der Waals surface area contributed by atoms with Gasteiger partial charge in [-0.3, -0.25) is 10.6 Å². The van der Waals surface area contributed by atoms with E-state index in [2.05, 4.69) is 5.43 Å². The van der Waals surface area contributed by atoms with Crippen LogP contribution in [0.2, 0.25) is 0 Å². The fraction of sp³-hybridized carbons (Fsp3) is 0.462. The third-order valence-corrected chi connectivity index (χ3v) is 2.85. The zero-order chi connectivity index (χ0) is 14.3. The molecule has 0 aliphatic rings. The van der Waals surface area contributed by atoms with E-state index >= 15 is 0 Å². The van der Waals surface area contributed by atoms with Crippen molar-refractivity contribution in [2.45, 2.75) is 6.92 Å². The summed E-state index contributed by atoms with van der Waals surface area (Å²) in [6, 6.07) is 5.24. The number of ether oxygens (including phenoxy) is 1. The Morgan fingerprint density at radius 1 is 1.47 bits per heavy atom. The van der Waals surface area contributed by atoms with Gasteiger partial charge in [-0.15, -0.1) is 0 Å². The van der Waals surface area contributed by atoms with Crippen molar-refractivity contribution in [3.63, 3.8) is 0 Å². The standard InChI is InChI=1S/C13H21N3O3/c1-10-9-11(3-4-12(10)15-14)13(18)16(5-7-17)6-8-19-2/h3-4,9,15,17H,5-8,14H2,1-2H3. The van der Waals surface area contributed by atoms with Crippen LogP contribution in [-0.2, 0) is 4.74 Å². The van der Waals surface area contributed by atoms with E-state index in [1.54, 1.807) is 30.2 Å². The number of aryl methyl sites for hydroxylation is 1. The number of aliphatic hydroxyl groups is 1. The number of hydrazine groups is 1. The highest BCUT2D eigenvalue weighted by Crippen LogP contribution is 2.16. The summed E-state index contributed by atoms with van der Waals surface area (Å²) >= 11 is 0. The summed E-state index contributed by atoms with van der Waals surface area (Å²) in [5.74, 6) is 5.23. The Bertz CT molecular complexity index is 424. The quantitative estimate of drug-likeness (QED) is 0.490. The molecule has 6 nitrogen and oxygen atoms in total. The fourth-order valence-electron chi connectivity index (χ4n) is 1.78. The first-order chi connectivity index (χ1) is 9.13. The Balaban J connectivity index is 2.86. The Labute approximate surface area is 113 Å². The van der Waals surface area contributed by atoms with Crippen molar-refractivity contribution in [3.8, 4) is 0 Å². The van der Waals surface area contributed by atoms with Crippen molar-refractivity contribution in [2.75, 3.05) is 38.8 Å². The van der Waals surface area contributed by atoms with Crippen LogP contribution >= 0.6 is 0 Å². The molecule has 0 unspecified atom stereocenters. The van der Waals surface area contributed by atoms with E-state index in [0.29, 0.717) is 18.7 Å². The van der Waals surface area contributed by atoms with Crippen LogP contribution in [0.3, 0.4) is 0 Å². The van der Waals surface area contributed by atoms with E-state index in [1.807, 2.05) is 6.92 Å². The maximum absolute atomic E-state index is 12.3. The van der Waals surface area contributed by atoms with Gasteiger partial charge in [0.2, 0.25) is 0 Å². The summed E-state index contributed by atoms with van der Waals surface area (Å²) in [6.45, 7) is 2.98. The Morgan fingerprint density at radius 3 is 2.74 bits per heavy atom. The number of methoxy groups -OCH3 is 1. The van der Waals surface area contributed by atoms with E-state index in [9.17, 15) is 4.79 Å². The van der Waals surface area contributed by atoms with Crippen molar-refractivity contribution in [1.29, 1.82) is 0 Å². The van der Waals surface area contributed by atoms with Crippen molar-refractivity contribution in [3.05, 3.63) is 29.3 Å². The summed E-state index contributed by atoms with van der Waals surface area (Å²) in [5.41, 5.74) is 4.81. The summed E-state index contributed by atoms with van der Waals surface area (Å²) in [5, 5.41) is 9.01. The molecule has 0 aliphatic carbocycles. The van der Waals surface area contributed by atoms with Gasteiger partial charge < -0.3 is 20.2 Å². The number of aliphatic hydroxyl groups excluding tert-OH is 1. The third kappa shape index (κ3) is 4.20. The lowest BCUT2D eigenvalue weighted by Gasteiger charge is -2.21. The molecule has 0 spiro atoms. The molecule has 4 N–H and O–H groups in total. The number of carbonyl (C=O) groups excluding carboxylic acids is 1. The smallest absolute Gasteiger partial charge is 0.254 e. The second-order valence-corrected chi connectivity index (χ2v) is 4.18. The number of hydrogen-bond acceptors (Lipinski definition) is 5. The molecule has 1 aromatic rings. The minimum Gasteiger partial charge on any atom is -0.395 e. The van der Waals surface area contributed by atoms with Gasteiger partial charge in [0.1, 0.15) is 0 Å². The van der Waals surface area contributed by atoms with Crippen molar-refractivity contribution >= 4 is 11.6 Å². The minimum absolute atomic E-state index is 0.0725. The first-order valence-corrected chi connectivity index (χ1v) is 6.10. The number of hydrogen-bond donors (Lipinski definition) is 3. The molecule has 1 amide bonds. The largest absolute Gasteiger partial charge is 0.395 e. The number of carbonyl (C=O) groups is 1. The van der Waals surface area contributed by atoms with Gasteiger partial charge in [0.25, 0.3) is 5.91 Å². The van der Waals surface area contributed by atoms with E-state index in [1.165, 1.54) is 0 Å². The molecule has 19 heavy (non-hydrogen) atoms. The number of rotatable bonds is 7. The highest BCUT2D eigenvalue weighted by molar-refractivity contribution is 5.95. The lowest BCUT2D eigenvalue weighted by Crippen LogP contribution is -2.36. The predicted molar refractivity (Wildman–Crippen MR) is 73.9 cm³/mol. The number of nitrogens with one attached hydrogen (secondary N) is 1. The fourth-order valence-corrected chi connectivity index (χ4v) is 1.78. The highest BCUT2D eigenvalue weighted by Gasteiger charge is 2.15. The van der Waals surface area contributed by atoms with Crippen LogP contribution in [0, 0.1) is 6.92 Å². The van der Waals surface area contributed by atoms with Crippen molar-refractivity contribution in [1.82, 2.24) is 4.90 Å². The molecular weight excluding hydrogens is 246 g/mol. The van der Waals surface area contributed by atoms with E-state index in [0.717, 1.165) is 11.3 Å². The zero-order valence-corrected chi connectivity index (χ0v) is 11.3. The van der Waals surface area contributed by atoms with Crippen LogP contribution in [0.5, 0.6) is 0 Å². The normalized spacial score (nSPS) is 10.3. The molecule has 0 saturated carbocycles. The van der Waals surface area contributed by atoms with Crippen molar-refractivity contribution in [2.24, 2.45) is 5.84 Å². The molecular formula is C13H21N3O3. The molecule has 0 aromatic heterocycles. The molecule has 6 heteroatoms. The van der Waals surface area contributed by atoms with Crippen LogP contribution in [0.1, 0.15) is 15.9 Å². The van der Waals surface area contributed by atoms with Gasteiger partial charge in [-0.1, -0.05) is 0 Å². The molecule has 0 bridgehead atoms. The Hall–Kier alpha value is -1.63. The number of amides is 1. The second-order valence-electron chi connectivity index (χ2n) is 4.18. The Kier molecular flexibility index (Phi) is 6.27. The second kappa shape index (κ2) is 7.73. The molecule has 0 aliphatic heterocycles. The van der Waals surface area contributed by atoms with Crippen LogP contribution in [-0.4, -0.2) is 49.3 Å². The van der Waals surface area contributed by atoms with Gasteiger partial charge in [0.05, 0.1) is 18.9 Å². The van der Waals surface area contributed by atoms with Crippen LogP contribution in [0.25, 0.3) is 0 Å². The van der Waals surface area contributed by atoms with Crippen LogP contribution < -0.4 is 11.3 Å². The van der Waals surface area contributed by atoms with Gasteiger partial charge >= 0.3 is 0 Å². The summed E-state index contributed by atoms with van der Waals surface area (Å²) in [6.07, 6.45) is 0. The number of anilines is 1. The third-order valence-electron chi connectivity index (χ3n) is 2.85. The molecule has 1 aromatic carbocycles. The van der Waals surface area contributed by atoms with Crippen LogP contribution in [0.15, 0.2) is 18.2 Å². The van der Waals surface area contributed by atoms with Crippen molar-refractivity contribution < 1.29 is 14.6 Å². The van der Waals surface area contributed by atoms with E-state index < -0.39 is 0 Å². The zero-order valence-electron chi connectivity index (χ0n) is 11.3. The lowest BCUT2D eigenvalue weighted by molar-refractivity contribution is 0.0656. The van der Waals surface area contributed by atoms with Gasteiger partial charge in [0.15, 0.2) is 0 Å². The van der Waals surface area contributed by atoms with Crippen LogP contribution in [0.4, 0.5) is 5.69 Å². The molecule has 0 heterocycles. The number of nitrogen functional groups attached to an aromatic ring is 1. The Morgan fingerprint density at radius 2 is 2.21 bits per heavy atom. The first-order valence-electron chi connectivity index (χ1n) is 6.10. The lowest BCUT2D eigenvalue weighted by atomic mass is 10.1. The van der Waals surface area contributed by atoms with Gasteiger partial charge in [0, 0.05) is 25.8 Å². The molecule has 0 atom stereocenters.